The first-order valence-corrected chi connectivity index (χ1v) is 5.57. The summed E-state index contributed by atoms with van der Waals surface area (Å²) < 4.78 is 5.68. The zero-order valence-corrected chi connectivity index (χ0v) is 9.85. The van der Waals surface area contributed by atoms with E-state index in [2.05, 4.69) is 13.8 Å². The lowest BCUT2D eigenvalue weighted by atomic mass is 9.69. The fourth-order valence-electron chi connectivity index (χ4n) is 2.20. The molecule has 2 nitrogen and oxygen atoms in total. The quantitative estimate of drug-likeness (QED) is 0.697. The van der Waals surface area contributed by atoms with Gasteiger partial charge in [0.2, 0.25) is 0 Å². The van der Waals surface area contributed by atoms with Crippen LogP contribution in [0, 0.1) is 5.41 Å². The maximum atomic E-state index is 11.6. The van der Waals surface area contributed by atoms with Gasteiger partial charge in [0.05, 0.1) is 0 Å². The van der Waals surface area contributed by atoms with Crippen LogP contribution in [0.15, 0.2) is 0 Å². The van der Waals surface area contributed by atoms with Crippen LogP contribution in [-0.2, 0) is 9.53 Å². The minimum Gasteiger partial charge on any atom is -0.368 e. The van der Waals surface area contributed by atoms with E-state index in [9.17, 15) is 4.79 Å². The van der Waals surface area contributed by atoms with Gasteiger partial charge in [-0.05, 0) is 44.9 Å². The largest absolute Gasteiger partial charge is 0.368 e. The van der Waals surface area contributed by atoms with Crippen LogP contribution in [0.3, 0.4) is 0 Å². The molecule has 14 heavy (non-hydrogen) atoms. The van der Waals surface area contributed by atoms with Crippen LogP contribution in [0.2, 0.25) is 0 Å². The molecule has 0 aromatic carbocycles. The molecule has 0 aromatic rings. The van der Waals surface area contributed by atoms with Crippen LogP contribution in [0.5, 0.6) is 0 Å². The van der Waals surface area contributed by atoms with Gasteiger partial charge in [0.1, 0.15) is 5.60 Å². The van der Waals surface area contributed by atoms with E-state index in [1.165, 1.54) is 0 Å². The van der Waals surface area contributed by atoms with Crippen molar-refractivity contribution in [3.63, 3.8) is 0 Å². The Morgan fingerprint density at radius 1 is 1.21 bits per heavy atom. The van der Waals surface area contributed by atoms with E-state index in [4.69, 9.17) is 4.74 Å². The second kappa shape index (κ2) is 4.01. The number of carbonyl (C=O) groups is 1. The zero-order valence-electron chi connectivity index (χ0n) is 9.85. The fraction of sp³-hybridized carbons (Fsp3) is 0.917. The molecule has 0 atom stereocenters. The van der Waals surface area contributed by atoms with Crippen molar-refractivity contribution in [3.8, 4) is 0 Å². The topological polar surface area (TPSA) is 26.3 Å². The molecule has 0 aromatic heterocycles. The van der Waals surface area contributed by atoms with E-state index in [-0.39, 0.29) is 5.78 Å². The Balaban J connectivity index is 2.69. The van der Waals surface area contributed by atoms with Gasteiger partial charge in [0.15, 0.2) is 5.78 Å². The SMILES string of the molecule is CCOC1(C(C)=O)CCC(C)(C)CC1. The monoisotopic (exact) mass is 198 g/mol. The van der Waals surface area contributed by atoms with Gasteiger partial charge in [-0.3, -0.25) is 4.79 Å². The van der Waals surface area contributed by atoms with Gasteiger partial charge in [-0.1, -0.05) is 13.8 Å². The first-order chi connectivity index (χ1) is 6.42. The van der Waals surface area contributed by atoms with Crippen molar-refractivity contribution in [2.75, 3.05) is 6.61 Å². The van der Waals surface area contributed by atoms with Gasteiger partial charge in [-0.15, -0.1) is 0 Å². The Labute approximate surface area is 87.0 Å². The molecule has 0 saturated heterocycles. The van der Waals surface area contributed by atoms with Crippen LogP contribution in [0.1, 0.15) is 53.4 Å². The summed E-state index contributed by atoms with van der Waals surface area (Å²) in [4.78, 5) is 11.6. The molecule has 2 heteroatoms. The molecule has 1 aliphatic carbocycles. The van der Waals surface area contributed by atoms with Gasteiger partial charge in [-0.25, -0.2) is 0 Å². The summed E-state index contributed by atoms with van der Waals surface area (Å²) in [6.45, 7) is 8.80. The Morgan fingerprint density at radius 2 is 1.71 bits per heavy atom. The third-order valence-electron chi connectivity index (χ3n) is 3.47. The summed E-state index contributed by atoms with van der Waals surface area (Å²) >= 11 is 0. The summed E-state index contributed by atoms with van der Waals surface area (Å²) in [7, 11) is 0. The van der Waals surface area contributed by atoms with Crippen molar-refractivity contribution in [2.24, 2.45) is 5.41 Å². The lowest BCUT2D eigenvalue weighted by Crippen LogP contribution is -2.45. The minimum absolute atomic E-state index is 0.204. The molecule has 0 amide bonds. The maximum Gasteiger partial charge on any atom is 0.161 e. The van der Waals surface area contributed by atoms with Crippen molar-refractivity contribution in [1.29, 1.82) is 0 Å². The number of carbonyl (C=O) groups excluding carboxylic acids is 1. The van der Waals surface area contributed by atoms with Crippen LogP contribution in [-0.4, -0.2) is 18.0 Å². The summed E-state index contributed by atoms with van der Waals surface area (Å²) in [5, 5.41) is 0. The van der Waals surface area contributed by atoms with Gasteiger partial charge < -0.3 is 4.74 Å². The summed E-state index contributed by atoms with van der Waals surface area (Å²) in [5.74, 6) is 0.204. The molecule has 0 heterocycles. The van der Waals surface area contributed by atoms with E-state index >= 15 is 0 Å². The average Bonchev–Trinajstić information content (AvgIpc) is 2.09. The molecule has 0 bridgehead atoms. The molecular weight excluding hydrogens is 176 g/mol. The Morgan fingerprint density at radius 3 is 2.07 bits per heavy atom. The highest BCUT2D eigenvalue weighted by Gasteiger charge is 2.42. The van der Waals surface area contributed by atoms with E-state index in [0.29, 0.717) is 12.0 Å². The van der Waals surface area contributed by atoms with E-state index in [0.717, 1.165) is 25.7 Å². The van der Waals surface area contributed by atoms with E-state index < -0.39 is 5.60 Å². The van der Waals surface area contributed by atoms with Crippen molar-refractivity contribution in [1.82, 2.24) is 0 Å². The van der Waals surface area contributed by atoms with Gasteiger partial charge >= 0.3 is 0 Å². The summed E-state index contributed by atoms with van der Waals surface area (Å²) in [5.41, 5.74) is -0.0691. The third kappa shape index (κ3) is 2.35. The van der Waals surface area contributed by atoms with Crippen molar-refractivity contribution in [3.05, 3.63) is 0 Å². The molecule has 0 spiro atoms. The van der Waals surface area contributed by atoms with Gasteiger partial charge in [0, 0.05) is 6.61 Å². The van der Waals surface area contributed by atoms with Gasteiger partial charge in [-0.2, -0.15) is 0 Å². The number of hydrogen-bond acceptors (Lipinski definition) is 2. The van der Waals surface area contributed by atoms with Crippen LogP contribution in [0.4, 0.5) is 0 Å². The first-order valence-electron chi connectivity index (χ1n) is 5.57. The molecule has 1 fully saturated rings. The predicted molar refractivity (Wildman–Crippen MR) is 57.3 cm³/mol. The molecular formula is C12H22O2. The van der Waals surface area contributed by atoms with Crippen LogP contribution in [0.25, 0.3) is 0 Å². The second-order valence-corrected chi connectivity index (χ2v) is 5.15. The van der Waals surface area contributed by atoms with Crippen molar-refractivity contribution < 1.29 is 9.53 Å². The van der Waals surface area contributed by atoms with Crippen LogP contribution >= 0.6 is 0 Å². The molecule has 0 radical (unpaired) electrons. The smallest absolute Gasteiger partial charge is 0.161 e. The van der Waals surface area contributed by atoms with Crippen molar-refractivity contribution in [2.45, 2.75) is 59.0 Å². The molecule has 1 saturated carbocycles. The van der Waals surface area contributed by atoms with E-state index in [1.807, 2.05) is 6.92 Å². The molecule has 0 aliphatic heterocycles. The molecule has 0 unspecified atom stereocenters. The minimum atomic E-state index is -0.454. The standard InChI is InChI=1S/C12H22O2/c1-5-14-12(10(2)13)8-6-11(3,4)7-9-12/h5-9H2,1-4H3. The lowest BCUT2D eigenvalue weighted by Gasteiger charge is -2.41. The molecule has 0 N–H and O–H groups in total. The summed E-state index contributed by atoms with van der Waals surface area (Å²) in [6, 6.07) is 0. The Hall–Kier alpha value is -0.370. The average molecular weight is 198 g/mol. The number of ketones is 1. The number of hydrogen-bond donors (Lipinski definition) is 0. The molecule has 1 rings (SSSR count). The van der Waals surface area contributed by atoms with E-state index in [1.54, 1.807) is 6.92 Å². The summed E-state index contributed by atoms with van der Waals surface area (Å²) in [6.07, 6.45) is 3.96. The maximum absolute atomic E-state index is 11.6. The Bertz CT molecular complexity index is 208. The second-order valence-electron chi connectivity index (χ2n) is 5.15. The number of ether oxygens (including phenoxy) is 1. The normalized spacial score (nSPS) is 24.6. The van der Waals surface area contributed by atoms with Gasteiger partial charge in [0.25, 0.3) is 0 Å². The predicted octanol–water partition coefficient (Wildman–Crippen LogP) is 2.95. The van der Waals surface area contributed by atoms with Crippen LogP contribution < -0.4 is 0 Å². The zero-order chi connectivity index (χ0) is 10.8. The number of Topliss-reactive ketones (excluding diaryl/α,β-unsaturated/α-hetero) is 1. The Kier molecular flexibility index (Phi) is 3.36. The number of rotatable bonds is 3. The highest BCUT2D eigenvalue weighted by atomic mass is 16.5. The fourth-order valence-corrected chi connectivity index (χ4v) is 2.20. The lowest BCUT2D eigenvalue weighted by molar-refractivity contribution is -0.149. The first kappa shape index (κ1) is 11.7. The molecule has 1 aliphatic rings. The third-order valence-corrected chi connectivity index (χ3v) is 3.47. The molecule has 82 valence electrons. The highest BCUT2D eigenvalue weighted by molar-refractivity contribution is 5.85. The highest BCUT2D eigenvalue weighted by Crippen LogP contribution is 2.42. The van der Waals surface area contributed by atoms with Crippen molar-refractivity contribution >= 4 is 5.78 Å².